The second-order valence-electron chi connectivity index (χ2n) is 8.22. The predicted octanol–water partition coefficient (Wildman–Crippen LogP) is 8.83. The number of rotatable bonds is 6. The van der Waals surface area contributed by atoms with Crippen LogP contribution in [0.25, 0.3) is 0 Å². The van der Waals surface area contributed by atoms with Gasteiger partial charge in [-0.1, -0.05) is 71.2 Å². The number of benzene rings is 4. The molecule has 0 bridgehead atoms. The second kappa shape index (κ2) is 12.0. The van der Waals surface area contributed by atoms with Gasteiger partial charge in [0.2, 0.25) is 0 Å². The Balaban J connectivity index is 1.60. The first-order valence-electron chi connectivity index (χ1n) is 11.3. The summed E-state index contributed by atoms with van der Waals surface area (Å²) in [6.07, 6.45) is 0.474. The number of hydrogen-bond acceptors (Lipinski definition) is 2. The van der Waals surface area contributed by atoms with Gasteiger partial charge >= 0.3 is 12.1 Å². The highest BCUT2D eigenvalue weighted by molar-refractivity contribution is 6.31. The smallest absolute Gasteiger partial charge is 0.308 e. The van der Waals surface area contributed by atoms with Gasteiger partial charge in [-0.3, -0.25) is 0 Å². The second-order valence-corrected chi connectivity index (χ2v) is 9.50. The van der Waals surface area contributed by atoms with E-state index in [1.54, 1.807) is 54.6 Å². The van der Waals surface area contributed by atoms with Crippen LogP contribution in [0.3, 0.4) is 0 Å². The highest BCUT2D eigenvalue weighted by Crippen LogP contribution is 2.31. The molecule has 0 unspecified atom stereocenters. The number of halogens is 3. The monoisotopic (exact) mass is 552 g/mol. The van der Waals surface area contributed by atoms with Crippen LogP contribution in [0.15, 0.2) is 84.9 Å². The number of hydrogen-bond donors (Lipinski definition) is 4. The van der Waals surface area contributed by atoms with E-state index in [1.165, 1.54) is 0 Å². The normalized spacial score (nSPS) is 10.5. The van der Waals surface area contributed by atoms with Crippen molar-refractivity contribution in [3.63, 3.8) is 0 Å². The van der Waals surface area contributed by atoms with Gasteiger partial charge in [-0.2, -0.15) is 0 Å². The van der Waals surface area contributed by atoms with Crippen LogP contribution in [-0.4, -0.2) is 12.1 Å². The molecule has 188 valence electrons. The maximum Gasteiger partial charge on any atom is 0.323 e. The van der Waals surface area contributed by atoms with E-state index in [2.05, 4.69) is 21.3 Å². The van der Waals surface area contributed by atoms with Crippen molar-refractivity contribution in [2.75, 3.05) is 21.3 Å². The van der Waals surface area contributed by atoms with Crippen LogP contribution in [-0.2, 0) is 6.42 Å². The molecular weight excluding hydrogens is 531 g/mol. The first kappa shape index (κ1) is 26.4. The molecule has 0 spiro atoms. The van der Waals surface area contributed by atoms with Crippen LogP contribution in [0.2, 0.25) is 15.1 Å². The number of urea groups is 2. The number of nitrogens with one attached hydrogen (secondary N) is 4. The summed E-state index contributed by atoms with van der Waals surface area (Å²) in [5.41, 5.74) is 4.59. The maximum atomic E-state index is 12.9. The summed E-state index contributed by atoms with van der Waals surface area (Å²) >= 11 is 18.4. The molecule has 0 fully saturated rings. The van der Waals surface area contributed by atoms with Crippen molar-refractivity contribution >= 4 is 69.6 Å². The van der Waals surface area contributed by atoms with E-state index in [1.807, 2.05) is 37.3 Å². The molecule has 0 saturated heterocycles. The van der Waals surface area contributed by atoms with Gasteiger partial charge in [0.15, 0.2) is 0 Å². The molecule has 4 rings (SSSR count). The van der Waals surface area contributed by atoms with Crippen molar-refractivity contribution in [3.8, 4) is 0 Å². The third-order valence-electron chi connectivity index (χ3n) is 5.54. The molecule has 0 aliphatic carbocycles. The standard InChI is InChI=1S/C28H23Cl3N4O2/c1-17-25(34-27(36)32-22-9-4-7-20(29)15-22)13-12-19(14-18-6-2-3-11-24(18)31)26(17)35-28(37)33-23-10-5-8-21(30)16-23/h2-13,15-16H,14H2,1H3,(H2,32,34,36)(H2,33,35,37). The fraction of sp³-hybridized carbons (Fsp3) is 0.0714. The Kier molecular flexibility index (Phi) is 8.56. The summed E-state index contributed by atoms with van der Waals surface area (Å²) < 4.78 is 0. The molecule has 0 radical (unpaired) electrons. The van der Waals surface area contributed by atoms with Crippen molar-refractivity contribution in [3.05, 3.63) is 117 Å². The third kappa shape index (κ3) is 7.17. The van der Waals surface area contributed by atoms with E-state index in [0.717, 1.165) is 11.1 Å². The zero-order chi connectivity index (χ0) is 26.4. The zero-order valence-corrected chi connectivity index (χ0v) is 22.0. The molecule has 37 heavy (non-hydrogen) atoms. The summed E-state index contributed by atoms with van der Waals surface area (Å²) in [7, 11) is 0. The van der Waals surface area contributed by atoms with E-state index in [4.69, 9.17) is 34.8 Å². The lowest BCUT2D eigenvalue weighted by Gasteiger charge is -2.19. The summed E-state index contributed by atoms with van der Waals surface area (Å²) in [6, 6.07) is 24.0. The van der Waals surface area contributed by atoms with Crippen molar-refractivity contribution in [1.82, 2.24) is 0 Å². The average Bonchev–Trinajstić information content (AvgIpc) is 2.84. The van der Waals surface area contributed by atoms with Crippen LogP contribution < -0.4 is 21.3 Å². The Hall–Kier alpha value is -3.71. The molecule has 4 N–H and O–H groups in total. The lowest BCUT2D eigenvalue weighted by atomic mass is 9.99. The van der Waals surface area contributed by atoms with Gasteiger partial charge < -0.3 is 21.3 Å². The Morgan fingerprint density at radius 2 is 1.24 bits per heavy atom. The average molecular weight is 554 g/mol. The third-order valence-corrected chi connectivity index (χ3v) is 6.38. The van der Waals surface area contributed by atoms with Crippen molar-refractivity contribution < 1.29 is 9.59 Å². The molecular formula is C28H23Cl3N4O2. The molecule has 0 heterocycles. The van der Waals surface area contributed by atoms with Gasteiger partial charge in [0.1, 0.15) is 0 Å². The molecule has 0 aliphatic rings. The topological polar surface area (TPSA) is 82.3 Å². The quantitative estimate of drug-likeness (QED) is 0.192. The van der Waals surface area contributed by atoms with Crippen LogP contribution in [0.4, 0.5) is 32.3 Å². The molecule has 0 saturated carbocycles. The van der Waals surface area contributed by atoms with Crippen LogP contribution in [0, 0.1) is 6.92 Å². The summed E-state index contributed by atoms with van der Waals surface area (Å²) in [6.45, 7) is 1.82. The first-order chi connectivity index (χ1) is 17.8. The molecule has 4 aromatic carbocycles. The van der Waals surface area contributed by atoms with Crippen LogP contribution >= 0.6 is 34.8 Å². The molecule has 6 nitrogen and oxygen atoms in total. The summed E-state index contributed by atoms with van der Waals surface area (Å²) in [5.74, 6) is 0. The molecule has 0 atom stereocenters. The zero-order valence-electron chi connectivity index (χ0n) is 19.7. The minimum absolute atomic E-state index is 0.446. The largest absolute Gasteiger partial charge is 0.323 e. The highest BCUT2D eigenvalue weighted by Gasteiger charge is 2.16. The van der Waals surface area contributed by atoms with Crippen LogP contribution in [0.5, 0.6) is 0 Å². The molecule has 0 aliphatic heterocycles. The number of amides is 4. The Morgan fingerprint density at radius 1 is 0.649 bits per heavy atom. The molecule has 4 aromatic rings. The Bertz CT molecular complexity index is 1460. The lowest BCUT2D eigenvalue weighted by Crippen LogP contribution is -2.23. The first-order valence-corrected chi connectivity index (χ1v) is 12.4. The van der Waals surface area contributed by atoms with E-state index in [-0.39, 0.29) is 0 Å². The minimum atomic E-state index is -0.452. The van der Waals surface area contributed by atoms with E-state index in [9.17, 15) is 9.59 Å². The van der Waals surface area contributed by atoms with Crippen molar-refractivity contribution in [1.29, 1.82) is 0 Å². The minimum Gasteiger partial charge on any atom is -0.308 e. The lowest BCUT2D eigenvalue weighted by molar-refractivity contribution is 0.261. The van der Waals surface area contributed by atoms with Gasteiger partial charge in [-0.05, 0) is 72.1 Å². The summed E-state index contributed by atoms with van der Waals surface area (Å²) in [4.78, 5) is 25.6. The van der Waals surface area contributed by atoms with Crippen molar-refractivity contribution in [2.24, 2.45) is 0 Å². The molecule has 9 heteroatoms. The maximum absolute atomic E-state index is 12.9. The molecule has 0 aromatic heterocycles. The Morgan fingerprint density at radius 3 is 1.84 bits per heavy atom. The highest BCUT2D eigenvalue weighted by atomic mass is 35.5. The SMILES string of the molecule is Cc1c(NC(=O)Nc2cccc(Cl)c2)ccc(Cc2ccccc2Cl)c1NC(=O)Nc1cccc(Cl)c1. The van der Waals surface area contributed by atoms with E-state index < -0.39 is 12.1 Å². The predicted molar refractivity (Wildman–Crippen MR) is 154 cm³/mol. The van der Waals surface area contributed by atoms with Crippen LogP contribution in [0.1, 0.15) is 16.7 Å². The van der Waals surface area contributed by atoms with Gasteiger partial charge in [0, 0.05) is 38.6 Å². The van der Waals surface area contributed by atoms with E-state index in [0.29, 0.717) is 49.8 Å². The van der Waals surface area contributed by atoms with E-state index >= 15 is 0 Å². The Labute approximate surface area is 229 Å². The number of carbonyl (C=O) groups is 2. The van der Waals surface area contributed by atoms with Gasteiger partial charge in [-0.25, -0.2) is 9.59 Å². The molecule has 4 amide bonds. The van der Waals surface area contributed by atoms with Gasteiger partial charge in [0.05, 0.1) is 5.69 Å². The summed E-state index contributed by atoms with van der Waals surface area (Å²) in [5, 5.41) is 13.0. The fourth-order valence-electron chi connectivity index (χ4n) is 3.76. The fourth-order valence-corrected chi connectivity index (χ4v) is 4.35. The van der Waals surface area contributed by atoms with Gasteiger partial charge in [0.25, 0.3) is 0 Å². The number of carbonyl (C=O) groups excluding carboxylic acids is 2. The number of anilines is 4. The van der Waals surface area contributed by atoms with Gasteiger partial charge in [-0.15, -0.1) is 0 Å². The van der Waals surface area contributed by atoms with Crippen molar-refractivity contribution in [2.45, 2.75) is 13.3 Å².